The van der Waals surface area contributed by atoms with E-state index in [0.29, 0.717) is 18.7 Å². The topological polar surface area (TPSA) is 40.5 Å². The lowest BCUT2D eigenvalue weighted by Gasteiger charge is -2.19. The molecule has 0 radical (unpaired) electrons. The Hall–Kier alpha value is -1.77. The molecule has 1 aromatic carbocycles. The van der Waals surface area contributed by atoms with E-state index >= 15 is 0 Å². The lowest BCUT2D eigenvalue weighted by atomic mass is 10.1. The normalized spacial score (nSPS) is 9.81. The lowest BCUT2D eigenvalue weighted by molar-refractivity contribution is -0.129. The summed E-state index contributed by atoms with van der Waals surface area (Å²) in [6.07, 6.45) is 1.93. The lowest BCUT2D eigenvalue weighted by Crippen LogP contribution is -2.32. The van der Waals surface area contributed by atoms with Crippen molar-refractivity contribution in [3.05, 3.63) is 42.5 Å². The Kier molecular flexibility index (Phi) is 4.58. The second-order valence-electron chi connectivity index (χ2n) is 3.53. The van der Waals surface area contributed by atoms with Gasteiger partial charge in [-0.15, -0.1) is 6.58 Å². The van der Waals surface area contributed by atoms with Gasteiger partial charge in [0.15, 0.2) is 0 Å². The molecule has 0 aliphatic rings. The zero-order valence-corrected chi connectivity index (χ0v) is 9.52. The molecular formula is C13H17NO2. The Morgan fingerprint density at radius 2 is 2.19 bits per heavy atom. The van der Waals surface area contributed by atoms with Gasteiger partial charge in [0.25, 0.3) is 0 Å². The highest BCUT2D eigenvalue weighted by Crippen LogP contribution is 2.16. The fraction of sp³-hybridized carbons (Fsp3) is 0.308. The minimum absolute atomic E-state index is 0.00361. The Balaban J connectivity index is 2.70. The standard InChI is InChI=1S/C13H17NO2/c1-3-9-14(4-2)13(16)10-11-7-5-6-8-12(11)15/h3,5-8,15H,1,4,9-10H2,2H3. The summed E-state index contributed by atoms with van der Waals surface area (Å²) in [4.78, 5) is 13.5. The number of hydrogen-bond donors (Lipinski definition) is 1. The van der Waals surface area contributed by atoms with E-state index in [-0.39, 0.29) is 18.1 Å². The number of aromatic hydroxyl groups is 1. The van der Waals surface area contributed by atoms with E-state index in [2.05, 4.69) is 6.58 Å². The first-order valence-electron chi connectivity index (χ1n) is 5.34. The maximum Gasteiger partial charge on any atom is 0.227 e. The molecule has 0 aliphatic heterocycles. The second-order valence-corrected chi connectivity index (χ2v) is 3.53. The maximum absolute atomic E-state index is 11.9. The molecule has 86 valence electrons. The average molecular weight is 219 g/mol. The van der Waals surface area contributed by atoms with Crippen LogP contribution in [0.25, 0.3) is 0 Å². The fourth-order valence-electron chi connectivity index (χ4n) is 1.50. The third kappa shape index (κ3) is 3.12. The molecule has 0 aromatic heterocycles. The zero-order valence-electron chi connectivity index (χ0n) is 9.52. The summed E-state index contributed by atoms with van der Waals surface area (Å²) in [5.41, 5.74) is 0.662. The van der Waals surface area contributed by atoms with Gasteiger partial charge >= 0.3 is 0 Å². The summed E-state index contributed by atoms with van der Waals surface area (Å²) in [6.45, 7) is 6.73. The Morgan fingerprint density at radius 3 is 2.75 bits per heavy atom. The van der Waals surface area contributed by atoms with Gasteiger partial charge in [0.2, 0.25) is 5.91 Å². The smallest absolute Gasteiger partial charge is 0.227 e. The van der Waals surface area contributed by atoms with Gasteiger partial charge in [0.05, 0.1) is 6.42 Å². The molecule has 0 atom stereocenters. The molecule has 0 bridgehead atoms. The number of carbonyl (C=O) groups is 1. The number of carbonyl (C=O) groups excluding carboxylic acids is 1. The number of phenolic OH excluding ortho intramolecular Hbond substituents is 1. The molecular weight excluding hydrogens is 202 g/mol. The summed E-state index contributed by atoms with van der Waals surface area (Å²) < 4.78 is 0. The molecule has 1 N–H and O–H groups in total. The molecule has 3 nitrogen and oxygen atoms in total. The highest BCUT2D eigenvalue weighted by atomic mass is 16.3. The average Bonchev–Trinajstić information content (AvgIpc) is 2.29. The van der Waals surface area contributed by atoms with Crippen LogP contribution in [0.2, 0.25) is 0 Å². The van der Waals surface area contributed by atoms with Crippen LogP contribution in [0.15, 0.2) is 36.9 Å². The van der Waals surface area contributed by atoms with Crippen molar-refractivity contribution >= 4 is 5.91 Å². The Labute approximate surface area is 96.0 Å². The van der Waals surface area contributed by atoms with E-state index in [9.17, 15) is 9.90 Å². The van der Waals surface area contributed by atoms with Crippen LogP contribution in [0.1, 0.15) is 12.5 Å². The monoisotopic (exact) mass is 219 g/mol. The van der Waals surface area contributed by atoms with Crippen LogP contribution in [-0.2, 0) is 11.2 Å². The molecule has 1 amide bonds. The minimum Gasteiger partial charge on any atom is -0.508 e. The van der Waals surface area contributed by atoms with Gasteiger partial charge in [-0.25, -0.2) is 0 Å². The van der Waals surface area contributed by atoms with E-state index in [1.165, 1.54) is 0 Å². The number of phenols is 1. The zero-order chi connectivity index (χ0) is 12.0. The Morgan fingerprint density at radius 1 is 1.50 bits per heavy atom. The van der Waals surface area contributed by atoms with E-state index in [4.69, 9.17) is 0 Å². The highest BCUT2D eigenvalue weighted by molar-refractivity contribution is 5.79. The van der Waals surface area contributed by atoms with Crippen LogP contribution in [0.3, 0.4) is 0 Å². The molecule has 0 saturated heterocycles. The molecule has 0 heterocycles. The predicted octanol–water partition coefficient (Wildman–Crippen LogP) is 1.97. The highest BCUT2D eigenvalue weighted by Gasteiger charge is 2.12. The quantitative estimate of drug-likeness (QED) is 0.769. The summed E-state index contributed by atoms with van der Waals surface area (Å²) in [5, 5.41) is 9.55. The van der Waals surface area contributed by atoms with E-state index in [1.807, 2.05) is 13.0 Å². The predicted molar refractivity (Wildman–Crippen MR) is 64.3 cm³/mol. The number of rotatable bonds is 5. The molecule has 0 spiro atoms. The minimum atomic E-state index is 0.00361. The third-order valence-electron chi connectivity index (χ3n) is 2.42. The van der Waals surface area contributed by atoms with Crippen LogP contribution in [0.5, 0.6) is 5.75 Å². The molecule has 16 heavy (non-hydrogen) atoms. The van der Waals surface area contributed by atoms with E-state index < -0.39 is 0 Å². The summed E-state index contributed by atoms with van der Waals surface area (Å²) >= 11 is 0. The van der Waals surface area contributed by atoms with E-state index in [1.54, 1.807) is 29.2 Å². The Bertz CT molecular complexity index is 374. The van der Waals surface area contributed by atoms with Crippen molar-refractivity contribution in [3.8, 4) is 5.75 Å². The summed E-state index contributed by atoms with van der Waals surface area (Å²) in [7, 11) is 0. The molecule has 3 heteroatoms. The SMILES string of the molecule is C=CCN(CC)C(=O)Cc1ccccc1O. The van der Waals surface area contributed by atoms with Crippen molar-refractivity contribution in [2.75, 3.05) is 13.1 Å². The molecule has 1 aromatic rings. The van der Waals surface area contributed by atoms with Gasteiger partial charge in [0.1, 0.15) is 5.75 Å². The largest absolute Gasteiger partial charge is 0.508 e. The number of benzene rings is 1. The van der Waals surface area contributed by atoms with Gasteiger partial charge in [-0.3, -0.25) is 4.79 Å². The van der Waals surface area contributed by atoms with E-state index in [0.717, 1.165) is 0 Å². The first-order chi connectivity index (χ1) is 7.69. The fourth-order valence-corrected chi connectivity index (χ4v) is 1.50. The van der Waals surface area contributed by atoms with Crippen molar-refractivity contribution in [3.63, 3.8) is 0 Å². The number of para-hydroxylation sites is 1. The molecule has 0 unspecified atom stereocenters. The van der Waals surface area contributed by atoms with Crippen LogP contribution in [0.4, 0.5) is 0 Å². The summed E-state index contributed by atoms with van der Waals surface area (Å²) in [6, 6.07) is 6.90. The summed E-state index contributed by atoms with van der Waals surface area (Å²) in [5.74, 6) is 0.175. The van der Waals surface area contributed by atoms with Crippen molar-refractivity contribution in [1.29, 1.82) is 0 Å². The van der Waals surface area contributed by atoms with Crippen molar-refractivity contribution in [2.24, 2.45) is 0 Å². The van der Waals surface area contributed by atoms with Crippen LogP contribution in [0, 0.1) is 0 Å². The van der Waals surface area contributed by atoms with Crippen molar-refractivity contribution in [1.82, 2.24) is 4.90 Å². The molecule has 1 rings (SSSR count). The first kappa shape index (κ1) is 12.3. The first-order valence-corrected chi connectivity index (χ1v) is 5.34. The van der Waals surface area contributed by atoms with Crippen LogP contribution < -0.4 is 0 Å². The van der Waals surface area contributed by atoms with Crippen molar-refractivity contribution < 1.29 is 9.90 Å². The van der Waals surface area contributed by atoms with Gasteiger partial charge in [-0.1, -0.05) is 24.3 Å². The van der Waals surface area contributed by atoms with Crippen LogP contribution in [-0.4, -0.2) is 29.0 Å². The van der Waals surface area contributed by atoms with Gasteiger partial charge < -0.3 is 10.0 Å². The number of hydrogen-bond acceptors (Lipinski definition) is 2. The third-order valence-corrected chi connectivity index (χ3v) is 2.42. The number of likely N-dealkylation sites (N-methyl/N-ethyl adjacent to an activating group) is 1. The maximum atomic E-state index is 11.9. The van der Waals surface area contributed by atoms with Gasteiger partial charge in [0, 0.05) is 18.7 Å². The van der Waals surface area contributed by atoms with Crippen LogP contribution >= 0.6 is 0 Å². The number of nitrogens with zero attached hydrogens (tertiary/aromatic N) is 1. The van der Waals surface area contributed by atoms with Gasteiger partial charge in [-0.2, -0.15) is 0 Å². The molecule has 0 aliphatic carbocycles. The second kappa shape index (κ2) is 5.95. The molecule has 0 fully saturated rings. The number of amides is 1. The molecule has 0 saturated carbocycles. The van der Waals surface area contributed by atoms with Crippen molar-refractivity contribution in [2.45, 2.75) is 13.3 Å². The van der Waals surface area contributed by atoms with Gasteiger partial charge in [-0.05, 0) is 13.0 Å².